The fourth-order valence-electron chi connectivity index (χ4n) is 2.97. The molecule has 0 spiro atoms. The van der Waals surface area contributed by atoms with E-state index in [0.717, 1.165) is 6.26 Å². The third-order valence-corrected chi connectivity index (χ3v) is 5.18. The number of allylic oxidation sites excluding steroid dienone is 1. The van der Waals surface area contributed by atoms with Crippen LogP contribution in [-0.2, 0) is 29.0 Å². The minimum Gasteiger partial charge on any atom is -0.511 e. The molecule has 0 amide bonds. The third kappa shape index (κ3) is 6.50. The molecule has 0 aliphatic heterocycles. The molecule has 0 radical (unpaired) electrons. The van der Waals surface area contributed by atoms with E-state index < -0.39 is 39.2 Å². The van der Waals surface area contributed by atoms with Gasteiger partial charge in [-0.2, -0.15) is 0 Å². The first-order valence-electron chi connectivity index (χ1n) is 8.68. The zero-order valence-electron chi connectivity index (χ0n) is 15.9. The summed E-state index contributed by atoms with van der Waals surface area (Å²) >= 11 is 0. The van der Waals surface area contributed by atoms with E-state index in [4.69, 9.17) is 9.57 Å². The van der Waals surface area contributed by atoms with Crippen molar-refractivity contribution in [1.29, 1.82) is 0 Å². The first kappa shape index (κ1) is 22.9. The number of aliphatic hydroxyl groups excluding tert-OH is 1. The van der Waals surface area contributed by atoms with Crippen molar-refractivity contribution in [2.45, 2.75) is 32.6 Å². The summed E-state index contributed by atoms with van der Waals surface area (Å²) in [5, 5.41) is 14.6. The lowest BCUT2D eigenvalue weighted by molar-refractivity contribution is -0.147. The summed E-state index contributed by atoms with van der Waals surface area (Å²) < 4.78 is 27.7. The van der Waals surface area contributed by atoms with Gasteiger partial charge in [-0.25, -0.2) is 8.42 Å². The van der Waals surface area contributed by atoms with E-state index in [-0.39, 0.29) is 36.5 Å². The Morgan fingerprint density at radius 1 is 1.44 bits per heavy atom. The van der Waals surface area contributed by atoms with Crippen LogP contribution in [0.3, 0.4) is 0 Å². The average Bonchev–Trinajstić information content (AvgIpc) is 2.58. The molecule has 0 fully saturated rings. The topological polar surface area (TPSA) is 119 Å². The summed E-state index contributed by atoms with van der Waals surface area (Å²) in [5.74, 6) is -3.55. The largest absolute Gasteiger partial charge is 0.511 e. The van der Waals surface area contributed by atoms with Crippen molar-refractivity contribution in [3.8, 4) is 0 Å². The maximum absolute atomic E-state index is 12.7. The van der Waals surface area contributed by atoms with Crippen molar-refractivity contribution in [2.24, 2.45) is 17.0 Å². The molecule has 0 saturated carbocycles. The first-order chi connectivity index (χ1) is 12.7. The Balaban J connectivity index is 3.33. The number of esters is 1. The molecular formula is C18H27NO7S. The summed E-state index contributed by atoms with van der Waals surface area (Å²) in [6, 6.07) is 0. The molecule has 8 nitrogen and oxygen atoms in total. The summed E-state index contributed by atoms with van der Waals surface area (Å²) in [6.45, 7) is 5.52. The van der Waals surface area contributed by atoms with Gasteiger partial charge in [-0.15, -0.1) is 0 Å². The van der Waals surface area contributed by atoms with Crippen molar-refractivity contribution in [2.75, 3.05) is 25.7 Å². The number of methoxy groups -OCH3 is 1. The number of Topliss-reactive ketones (excluding diaryl/α,β-unsaturated/α-hetero) is 1. The van der Waals surface area contributed by atoms with Crippen LogP contribution in [-0.4, -0.2) is 56.7 Å². The first-order valence-corrected chi connectivity index (χ1v) is 10.7. The number of carbonyl (C=O) groups excluding carboxylic acids is 2. The molecule has 0 bridgehead atoms. The van der Waals surface area contributed by atoms with Crippen molar-refractivity contribution >= 4 is 27.3 Å². The minimum absolute atomic E-state index is 0.0492. The van der Waals surface area contributed by atoms with Crippen molar-refractivity contribution < 1.29 is 32.7 Å². The van der Waals surface area contributed by atoms with E-state index in [2.05, 4.69) is 11.7 Å². The number of rotatable bonds is 10. The maximum Gasteiger partial charge on any atom is 0.316 e. The lowest BCUT2D eigenvalue weighted by atomic mass is 9.75. The molecular weight excluding hydrogens is 374 g/mol. The number of hydrogen-bond donors (Lipinski definition) is 1. The number of nitrogens with zero attached hydrogens (tertiary/aromatic N) is 1. The molecule has 0 saturated heterocycles. The number of sulfone groups is 1. The van der Waals surface area contributed by atoms with Gasteiger partial charge in [-0.3, -0.25) is 9.59 Å². The van der Waals surface area contributed by atoms with Crippen molar-refractivity contribution in [3.05, 3.63) is 24.0 Å². The van der Waals surface area contributed by atoms with E-state index in [9.17, 15) is 23.1 Å². The van der Waals surface area contributed by atoms with Gasteiger partial charge in [-0.1, -0.05) is 31.2 Å². The van der Waals surface area contributed by atoms with E-state index in [1.807, 2.05) is 6.92 Å². The molecule has 2 atom stereocenters. The number of aliphatic hydroxyl groups is 1. The van der Waals surface area contributed by atoms with E-state index in [0.29, 0.717) is 12.8 Å². The molecule has 1 N–H and O–H groups in total. The molecule has 27 heavy (non-hydrogen) atoms. The highest BCUT2D eigenvalue weighted by Gasteiger charge is 2.43. The van der Waals surface area contributed by atoms with Gasteiger partial charge in [0.05, 0.1) is 24.1 Å². The van der Waals surface area contributed by atoms with Crippen LogP contribution in [0.5, 0.6) is 0 Å². The quantitative estimate of drug-likeness (QED) is 0.195. The van der Waals surface area contributed by atoms with Crippen LogP contribution in [0.25, 0.3) is 0 Å². The predicted molar refractivity (Wildman–Crippen MR) is 101 cm³/mol. The second-order valence-corrected chi connectivity index (χ2v) is 8.70. The molecule has 152 valence electrons. The maximum atomic E-state index is 12.7. The third-order valence-electron chi connectivity index (χ3n) is 4.21. The van der Waals surface area contributed by atoms with Gasteiger partial charge in [0.15, 0.2) is 5.78 Å². The Morgan fingerprint density at radius 3 is 2.63 bits per heavy atom. The Hall–Kier alpha value is -2.16. The smallest absolute Gasteiger partial charge is 0.316 e. The fraction of sp³-hybridized carbons (Fsp3) is 0.611. The Kier molecular flexibility index (Phi) is 8.68. The number of ketones is 1. The zero-order chi connectivity index (χ0) is 20.6. The molecule has 1 aliphatic carbocycles. The predicted octanol–water partition coefficient (Wildman–Crippen LogP) is 1.97. The molecule has 2 unspecified atom stereocenters. The van der Waals surface area contributed by atoms with Gasteiger partial charge < -0.3 is 14.7 Å². The van der Waals surface area contributed by atoms with Crippen LogP contribution in [0.4, 0.5) is 0 Å². The highest BCUT2D eigenvalue weighted by Crippen LogP contribution is 2.36. The number of oxime groups is 1. The van der Waals surface area contributed by atoms with Gasteiger partial charge in [0.25, 0.3) is 0 Å². The Morgan fingerprint density at radius 2 is 2.11 bits per heavy atom. The molecule has 0 aromatic rings. The summed E-state index contributed by atoms with van der Waals surface area (Å²) in [7, 11) is -2.11. The van der Waals surface area contributed by atoms with Crippen LogP contribution < -0.4 is 0 Å². The van der Waals surface area contributed by atoms with Crippen molar-refractivity contribution in [1.82, 2.24) is 0 Å². The SMILES string of the molecule is C=CCON=C(CCC)C1=C(O)C(C(=O)OC)C(CCS(C)(=O)=O)CC1=O. The molecule has 1 rings (SSSR count). The van der Waals surface area contributed by atoms with Gasteiger partial charge in [0.1, 0.15) is 28.1 Å². The number of carbonyl (C=O) groups is 2. The highest BCUT2D eigenvalue weighted by atomic mass is 32.2. The standard InChI is InChI=1S/C18H27NO7S/c1-5-7-13(19-26-9-6-2)16-14(20)11-12(8-10-27(4,23)24)15(17(16)21)18(22)25-3/h6,12,15,21H,2,5,7-11H2,1,3-4H3. The fourth-order valence-corrected chi connectivity index (χ4v) is 3.71. The lowest BCUT2D eigenvalue weighted by Gasteiger charge is -2.30. The molecule has 0 aromatic heterocycles. The minimum atomic E-state index is -3.28. The molecule has 9 heteroatoms. The second kappa shape index (κ2) is 10.2. The monoisotopic (exact) mass is 401 g/mol. The highest BCUT2D eigenvalue weighted by molar-refractivity contribution is 7.90. The average molecular weight is 401 g/mol. The Labute approximate surface area is 159 Å². The second-order valence-electron chi connectivity index (χ2n) is 6.44. The van der Waals surface area contributed by atoms with Crippen LogP contribution in [0.1, 0.15) is 32.6 Å². The van der Waals surface area contributed by atoms with E-state index in [1.54, 1.807) is 0 Å². The lowest BCUT2D eigenvalue weighted by Crippen LogP contribution is -2.37. The van der Waals surface area contributed by atoms with Crippen LogP contribution in [0, 0.1) is 11.8 Å². The summed E-state index contributed by atoms with van der Waals surface area (Å²) in [4.78, 5) is 30.0. The summed E-state index contributed by atoms with van der Waals surface area (Å²) in [5.41, 5.74) is 0.198. The van der Waals surface area contributed by atoms with E-state index >= 15 is 0 Å². The van der Waals surface area contributed by atoms with Gasteiger partial charge >= 0.3 is 5.97 Å². The molecule has 1 aliphatic rings. The van der Waals surface area contributed by atoms with Crippen LogP contribution >= 0.6 is 0 Å². The van der Waals surface area contributed by atoms with Crippen LogP contribution in [0.15, 0.2) is 29.1 Å². The molecule has 0 heterocycles. The zero-order valence-corrected chi connectivity index (χ0v) is 16.8. The number of hydrogen-bond acceptors (Lipinski definition) is 8. The van der Waals surface area contributed by atoms with Gasteiger partial charge in [-0.05, 0) is 18.8 Å². The summed E-state index contributed by atoms with van der Waals surface area (Å²) in [6.07, 6.45) is 3.55. The molecule has 0 aromatic carbocycles. The van der Waals surface area contributed by atoms with E-state index in [1.165, 1.54) is 13.2 Å². The van der Waals surface area contributed by atoms with Crippen molar-refractivity contribution in [3.63, 3.8) is 0 Å². The van der Waals surface area contributed by atoms with Crippen LogP contribution in [0.2, 0.25) is 0 Å². The van der Waals surface area contributed by atoms with Gasteiger partial charge in [0, 0.05) is 12.7 Å². The number of ether oxygens (including phenoxy) is 1. The van der Waals surface area contributed by atoms with Gasteiger partial charge in [0.2, 0.25) is 0 Å². The Bertz CT molecular complexity index is 737. The normalized spacial score (nSPS) is 21.1.